The van der Waals surface area contributed by atoms with Gasteiger partial charge in [-0.05, 0) is 56.4 Å². The Balaban J connectivity index is 1.24. The van der Waals surface area contributed by atoms with Crippen molar-refractivity contribution in [2.75, 3.05) is 18.0 Å². The minimum absolute atomic E-state index is 0.000498. The minimum Gasteiger partial charge on any atom is -0.356 e. The molecule has 35 heavy (non-hydrogen) atoms. The van der Waals surface area contributed by atoms with E-state index in [2.05, 4.69) is 94.6 Å². The molecule has 3 heterocycles. The summed E-state index contributed by atoms with van der Waals surface area (Å²) in [4.78, 5) is 24.2. The molecule has 1 aliphatic heterocycles. The molecule has 0 spiro atoms. The van der Waals surface area contributed by atoms with Crippen molar-refractivity contribution in [3.63, 3.8) is 0 Å². The Morgan fingerprint density at radius 1 is 1.06 bits per heavy atom. The molecule has 7 nitrogen and oxygen atoms in total. The molecule has 0 bridgehead atoms. The molecule has 0 unspecified atom stereocenters. The summed E-state index contributed by atoms with van der Waals surface area (Å²) in [6.45, 7) is 7.83. The van der Waals surface area contributed by atoms with Gasteiger partial charge in [0, 0.05) is 25.2 Å². The molecule has 1 aliphatic rings. The van der Waals surface area contributed by atoms with Crippen molar-refractivity contribution in [1.82, 2.24) is 25.1 Å². The maximum absolute atomic E-state index is 13.0. The summed E-state index contributed by atoms with van der Waals surface area (Å²) in [7, 11) is 0. The van der Waals surface area contributed by atoms with Gasteiger partial charge >= 0.3 is 0 Å². The molecule has 4 aromatic rings. The van der Waals surface area contributed by atoms with Crippen LogP contribution in [0.5, 0.6) is 0 Å². The first-order valence-electron chi connectivity index (χ1n) is 12.4. The van der Waals surface area contributed by atoms with E-state index in [-0.39, 0.29) is 17.9 Å². The van der Waals surface area contributed by atoms with Gasteiger partial charge in [0.15, 0.2) is 5.65 Å². The van der Waals surface area contributed by atoms with Gasteiger partial charge in [-0.25, -0.2) is 14.6 Å². The van der Waals surface area contributed by atoms with E-state index in [0.717, 1.165) is 54.8 Å². The Morgan fingerprint density at radius 3 is 2.46 bits per heavy atom. The van der Waals surface area contributed by atoms with Crippen molar-refractivity contribution >= 4 is 22.8 Å². The zero-order valence-corrected chi connectivity index (χ0v) is 20.6. The topological polar surface area (TPSA) is 75.9 Å². The van der Waals surface area contributed by atoms with Gasteiger partial charge in [0.05, 0.1) is 17.1 Å². The summed E-state index contributed by atoms with van der Waals surface area (Å²) >= 11 is 0. The average Bonchev–Trinajstić information content (AvgIpc) is 3.34. The highest BCUT2D eigenvalue weighted by Crippen LogP contribution is 2.28. The predicted octanol–water partition coefficient (Wildman–Crippen LogP) is 4.78. The summed E-state index contributed by atoms with van der Waals surface area (Å²) in [6.07, 6.45) is 6.19. The second-order valence-corrected chi connectivity index (χ2v) is 9.43. The van der Waals surface area contributed by atoms with Crippen LogP contribution in [0, 0.1) is 12.8 Å². The number of hydrogen-bond acceptors (Lipinski definition) is 5. The second kappa shape index (κ2) is 9.86. The normalized spacial score (nSPS) is 15.3. The minimum atomic E-state index is 0.000498. The number of aryl methyl sites for hydroxylation is 2. The third kappa shape index (κ3) is 4.90. The van der Waals surface area contributed by atoms with Crippen LogP contribution in [0.1, 0.15) is 49.4 Å². The Labute approximate surface area is 206 Å². The zero-order valence-electron chi connectivity index (χ0n) is 20.6. The van der Waals surface area contributed by atoms with E-state index in [1.54, 1.807) is 6.33 Å². The number of carbonyl (C=O) groups is 1. The lowest BCUT2D eigenvalue weighted by molar-refractivity contribution is -0.126. The van der Waals surface area contributed by atoms with Crippen molar-refractivity contribution in [2.24, 2.45) is 5.92 Å². The van der Waals surface area contributed by atoms with Crippen LogP contribution in [-0.4, -0.2) is 38.7 Å². The number of rotatable bonds is 6. The molecule has 1 fully saturated rings. The maximum atomic E-state index is 13.0. The number of amides is 1. The van der Waals surface area contributed by atoms with Crippen molar-refractivity contribution in [2.45, 2.75) is 46.1 Å². The number of nitrogens with zero attached hydrogens (tertiary/aromatic N) is 5. The van der Waals surface area contributed by atoms with E-state index in [4.69, 9.17) is 0 Å². The van der Waals surface area contributed by atoms with E-state index in [1.807, 2.05) is 10.9 Å². The first-order valence-corrected chi connectivity index (χ1v) is 12.4. The van der Waals surface area contributed by atoms with Gasteiger partial charge < -0.3 is 10.2 Å². The summed E-state index contributed by atoms with van der Waals surface area (Å²) < 4.78 is 1.86. The standard InChI is InChI=1S/C28H32N6O/c1-4-21-7-9-22(10-8-21)20(3)31-28(35)23-13-15-33(16-14-23)27-25-17-34(32-26(25)29-18-30-27)24-11-5-19(2)6-12-24/h5-12,17-18,20,23H,4,13-16H2,1-3H3,(H,31,35)/t20-/m1/s1. The molecule has 5 rings (SSSR count). The van der Waals surface area contributed by atoms with Crippen LogP contribution < -0.4 is 10.2 Å². The Kier molecular flexibility index (Phi) is 6.49. The van der Waals surface area contributed by atoms with E-state index in [0.29, 0.717) is 5.65 Å². The molecule has 2 aromatic heterocycles. The largest absolute Gasteiger partial charge is 0.356 e. The summed E-state index contributed by atoms with van der Waals surface area (Å²) in [5, 5.41) is 8.81. The van der Waals surface area contributed by atoms with Gasteiger partial charge in [-0.3, -0.25) is 4.79 Å². The van der Waals surface area contributed by atoms with Gasteiger partial charge in [-0.1, -0.05) is 48.9 Å². The lowest BCUT2D eigenvalue weighted by atomic mass is 9.95. The zero-order chi connectivity index (χ0) is 24.4. The molecular weight excluding hydrogens is 436 g/mol. The SMILES string of the molecule is CCc1ccc([C@@H](C)NC(=O)C2CCN(c3ncnc4nn(-c5ccc(C)cc5)cc34)CC2)cc1. The molecule has 2 aromatic carbocycles. The molecule has 0 radical (unpaired) electrons. The smallest absolute Gasteiger partial charge is 0.223 e. The molecule has 1 atom stereocenters. The fourth-order valence-electron chi connectivity index (χ4n) is 4.72. The number of benzene rings is 2. The predicted molar refractivity (Wildman–Crippen MR) is 139 cm³/mol. The van der Waals surface area contributed by atoms with Crippen LogP contribution in [-0.2, 0) is 11.2 Å². The van der Waals surface area contributed by atoms with E-state index < -0.39 is 0 Å². The van der Waals surface area contributed by atoms with Gasteiger partial charge in [-0.15, -0.1) is 5.10 Å². The molecule has 1 saturated heterocycles. The monoisotopic (exact) mass is 468 g/mol. The number of hydrogen-bond donors (Lipinski definition) is 1. The highest BCUT2D eigenvalue weighted by atomic mass is 16.1. The molecule has 1 N–H and O–H groups in total. The van der Waals surface area contributed by atoms with E-state index in [9.17, 15) is 4.79 Å². The summed E-state index contributed by atoms with van der Waals surface area (Å²) in [5.41, 5.74) is 5.33. The number of piperidine rings is 1. The van der Waals surface area contributed by atoms with Gasteiger partial charge in [0.1, 0.15) is 12.1 Å². The van der Waals surface area contributed by atoms with Gasteiger partial charge in [-0.2, -0.15) is 0 Å². The Morgan fingerprint density at radius 2 is 1.77 bits per heavy atom. The fourth-order valence-corrected chi connectivity index (χ4v) is 4.72. The summed E-state index contributed by atoms with van der Waals surface area (Å²) in [6, 6.07) is 16.8. The van der Waals surface area contributed by atoms with Crippen LogP contribution >= 0.6 is 0 Å². The highest BCUT2D eigenvalue weighted by molar-refractivity contribution is 5.87. The van der Waals surface area contributed by atoms with Crippen molar-refractivity contribution in [3.05, 3.63) is 77.7 Å². The van der Waals surface area contributed by atoms with Crippen molar-refractivity contribution in [3.8, 4) is 5.69 Å². The fraction of sp³-hybridized carbons (Fsp3) is 0.357. The quantitative estimate of drug-likeness (QED) is 0.441. The third-order valence-corrected chi connectivity index (χ3v) is 7.01. The maximum Gasteiger partial charge on any atom is 0.223 e. The second-order valence-electron chi connectivity index (χ2n) is 9.43. The highest BCUT2D eigenvalue weighted by Gasteiger charge is 2.28. The van der Waals surface area contributed by atoms with Crippen LogP contribution in [0.2, 0.25) is 0 Å². The number of anilines is 1. The van der Waals surface area contributed by atoms with Gasteiger partial charge in [0.2, 0.25) is 5.91 Å². The van der Waals surface area contributed by atoms with Crippen LogP contribution in [0.3, 0.4) is 0 Å². The van der Waals surface area contributed by atoms with Crippen LogP contribution in [0.25, 0.3) is 16.7 Å². The van der Waals surface area contributed by atoms with Crippen LogP contribution in [0.4, 0.5) is 5.82 Å². The van der Waals surface area contributed by atoms with E-state index in [1.165, 1.54) is 11.1 Å². The number of carbonyl (C=O) groups excluding carboxylic acids is 1. The molecular formula is C28H32N6O. The van der Waals surface area contributed by atoms with Crippen molar-refractivity contribution in [1.29, 1.82) is 0 Å². The Bertz CT molecular complexity index is 1300. The molecule has 180 valence electrons. The number of aromatic nitrogens is 4. The number of nitrogens with one attached hydrogen (secondary N) is 1. The lowest BCUT2D eigenvalue weighted by Crippen LogP contribution is -2.41. The molecule has 0 saturated carbocycles. The molecule has 1 amide bonds. The first-order chi connectivity index (χ1) is 17.0. The van der Waals surface area contributed by atoms with Crippen LogP contribution in [0.15, 0.2) is 61.1 Å². The Hall–Kier alpha value is -3.74. The van der Waals surface area contributed by atoms with Gasteiger partial charge in [0.25, 0.3) is 0 Å². The molecule has 7 heteroatoms. The number of fused-ring (bicyclic) bond motifs is 1. The lowest BCUT2D eigenvalue weighted by Gasteiger charge is -2.32. The van der Waals surface area contributed by atoms with E-state index >= 15 is 0 Å². The average molecular weight is 469 g/mol. The first kappa shape index (κ1) is 23.0. The third-order valence-electron chi connectivity index (χ3n) is 7.01. The molecule has 0 aliphatic carbocycles. The van der Waals surface area contributed by atoms with Crippen molar-refractivity contribution < 1.29 is 4.79 Å². The summed E-state index contributed by atoms with van der Waals surface area (Å²) in [5.74, 6) is 1.03.